The largest absolute Gasteiger partial charge is 0.422 e. The highest BCUT2D eigenvalue weighted by Crippen LogP contribution is 2.68. The Balaban J connectivity index is 2.05. The number of ether oxygens (including phenoxy) is 2. The number of carbonyl (C=O) groups excluding carboxylic acids is 3. The van der Waals surface area contributed by atoms with Crippen LogP contribution in [0.15, 0.2) is 24.3 Å². The summed E-state index contributed by atoms with van der Waals surface area (Å²) < 4.78 is 10.4. The number of halogens is 1. The van der Waals surface area contributed by atoms with E-state index in [0.717, 1.165) is 0 Å². The molecule has 0 amide bonds. The van der Waals surface area contributed by atoms with Crippen molar-refractivity contribution in [3.8, 4) is 0 Å². The van der Waals surface area contributed by atoms with Gasteiger partial charge in [-0.15, -0.1) is 0 Å². The Hall–Kier alpha value is -1.88. The van der Waals surface area contributed by atoms with Crippen molar-refractivity contribution in [3.63, 3.8) is 0 Å². The van der Waals surface area contributed by atoms with Crippen molar-refractivity contribution in [2.24, 2.45) is 11.3 Å². The highest BCUT2D eigenvalue weighted by molar-refractivity contribution is 6.30. The lowest BCUT2D eigenvalue weighted by molar-refractivity contribution is -0.244. The van der Waals surface area contributed by atoms with Gasteiger partial charge in [0.1, 0.15) is 5.78 Å². The SMILES string of the molecule is CC(=O)[C@H]1[C@@H](c2ccc(Cl)cc2)C12C(=O)OC(C)(C)OC2=O. The summed E-state index contributed by atoms with van der Waals surface area (Å²) in [4.78, 5) is 36.9. The van der Waals surface area contributed by atoms with Gasteiger partial charge in [-0.2, -0.15) is 0 Å². The van der Waals surface area contributed by atoms with Crippen LogP contribution in [0.5, 0.6) is 0 Å². The monoisotopic (exact) mass is 322 g/mol. The van der Waals surface area contributed by atoms with Gasteiger partial charge in [0.2, 0.25) is 0 Å². The van der Waals surface area contributed by atoms with Crippen molar-refractivity contribution < 1.29 is 23.9 Å². The second-order valence-electron chi connectivity index (χ2n) is 6.17. The number of cyclic esters (lactones) is 2. The Labute approximate surface area is 132 Å². The molecule has 1 aromatic rings. The topological polar surface area (TPSA) is 69.7 Å². The third kappa shape index (κ3) is 1.96. The molecule has 22 heavy (non-hydrogen) atoms. The van der Waals surface area contributed by atoms with Crippen molar-refractivity contribution in [1.29, 1.82) is 0 Å². The summed E-state index contributed by atoms with van der Waals surface area (Å²) in [6, 6.07) is 6.73. The fourth-order valence-electron chi connectivity index (χ4n) is 3.30. The summed E-state index contributed by atoms with van der Waals surface area (Å²) >= 11 is 5.86. The predicted molar refractivity (Wildman–Crippen MR) is 77.1 cm³/mol. The van der Waals surface area contributed by atoms with Gasteiger partial charge in [0, 0.05) is 24.8 Å². The van der Waals surface area contributed by atoms with Crippen molar-refractivity contribution in [3.05, 3.63) is 34.9 Å². The molecule has 1 aliphatic heterocycles. The van der Waals surface area contributed by atoms with Crippen LogP contribution in [0.2, 0.25) is 5.02 Å². The maximum absolute atomic E-state index is 12.5. The molecular formula is C16H15ClO5. The Bertz CT molecular complexity index is 656. The molecule has 0 bridgehead atoms. The molecule has 6 heteroatoms. The first-order valence-corrected chi connectivity index (χ1v) is 7.31. The van der Waals surface area contributed by atoms with Crippen LogP contribution in [0.25, 0.3) is 0 Å². The molecule has 1 heterocycles. The molecule has 0 N–H and O–H groups in total. The molecule has 2 fully saturated rings. The van der Waals surface area contributed by atoms with Gasteiger partial charge in [0.15, 0.2) is 5.41 Å². The number of benzene rings is 1. The van der Waals surface area contributed by atoms with Crippen LogP contribution < -0.4 is 0 Å². The van der Waals surface area contributed by atoms with E-state index < -0.39 is 35.0 Å². The van der Waals surface area contributed by atoms with Crippen molar-refractivity contribution in [2.75, 3.05) is 0 Å². The molecule has 1 spiro atoms. The summed E-state index contributed by atoms with van der Waals surface area (Å²) in [7, 11) is 0. The number of hydrogen-bond acceptors (Lipinski definition) is 5. The van der Waals surface area contributed by atoms with Gasteiger partial charge in [0.05, 0.1) is 5.92 Å². The molecule has 5 nitrogen and oxygen atoms in total. The van der Waals surface area contributed by atoms with Crippen LogP contribution >= 0.6 is 11.6 Å². The van der Waals surface area contributed by atoms with E-state index in [4.69, 9.17) is 21.1 Å². The summed E-state index contributed by atoms with van der Waals surface area (Å²) in [5, 5.41) is 0.535. The number of hydrogen-bond donors (Lipinski definition) is 0. The molecule has 116 valence electrons. The van der Waals surface area contributed by atoms with Crippen LogP contribution in [0.3, 0.4) is 0 Å². The molecule has 1 aromatic carbocycles. The van der Waals surface area contributed by atoms with Crippen LogP contribution in [-0.2, 0) is 23.9 Å². The second-order valence-corrected chi connectivity index (χ2v) is 6.60. The first-order valence-electron chi connectivity index (χ1n) is 6.93. The van der Waals surface area contributed by atoms with Gasteiger partial charge < -0.3 is 9.47 Å². The Morgan fingerprint density at radius 1 is 1.09 bits per heavy atom. The molecule has 0 aromatic heterocycles. The van der Waals surface area contributed by atoms with Crippen molar-refractivity contribution >= 4 is 29.3 Å². The zero-order valence-electron chi connectivity index (χ0n) is 12.4. The van der Waals surface area contributed by atoms with Crippen LogP contribution in [0.1, 0.15) is 32.3 Å². The van der Waals surface area contributed by atoms with Gasteiger partial charge in [0.25, 0.3) is 5.79 Å². The Morgan fingerprint density at radius 3 is 2.05 bits per heavy atom. The fourth-order valence-corrected chi connectivity index (χ4v) is 3.42. The fraction of sp³-hybridized carbons (Fsp3) is 0.438. The zero-order valence-corrected chi connectivity index (χ0v) is 13.1. The number of Topliss-reactive ketones (excluding diaryl/α,β-unsaturated/α-hetero) is 1. The van der Waals surface area contributed by atoms with Crippen LogP contribution in [0, 0.1) is 11.3 Å². The summed E-state index contributed by atoms with van der Waals surface area (Å²) in [5.41, 5.74) is -0.868. The summed E-state index contributed by atoms with van der Waals surface area (Å²) in [6.07, 6.45) is 0. The average molecular weight is 323 g/mol. The molecule has 0 radical (unpaired) electrons. The summed E-state index contributed by atoms with van der Waals surface area (Å²) in [5.74, 6) is -4.28. The molecule has 2 aliphatic rings. The number of ketones is 1. The Morgan fingerprint density at radius 2 is 1.59 bits per heavy atom. The average Bonchev–Trinajstić information content (AvgIpc) is 3.08. The number of esters is 2. The quantitative estimate of drug-likeness (QED) is 0.618. The minimum atomic E-state index is -1.56. The van der Waals surface area contributed by atoms with E-state index >= 15 is 0 Å². The molecule has 0 unspecified atom stereocenters. The molecule has 1 aliphatic carbocycles. The van der Waals surface area contributed by atoms with E-state index in [1.807, 2.05) is 0 Å². The van der Waals surface area contributed by atoms with E-state index in [9.17, 15) is 14.4 Å². The summed E-state index contributed by atoms with van der Waals surface area (Å²) in [6.45, 7) is 4.33. The first kappa shape index (κ1) is 15.0. The van der Waals surface area contributed by atoms with E-state index in [-0.39, 0.29) is 5.78 Å². The van der Waals surface area contributed by atoms with Gasteiger partial charge in [-0.3, -0.25) is 14.4 Å². The molecule has 1 saturated carbocycles. The lowest BCUT2D eigenvalue weighted by Crippen LogP contribution is -2.49. The van der Waals surface area contributed by atoms with E-state index in [2.05, 4.69) is 0 Å². The number of rotatable bonds is 2. The van der Waals surface area contributed by atoms with Gasteiger partial charge >= 0.3 is 11.9 Å². The predicted octanol–water partition coefficient (Wildman–Crippen LogP) is 2.46. The van der Waals surface area contributed by atoms with Crippen molar-refractivity contribution in [2.45, 2.75) is 32.5 Å². The number of carbonyl (C=O) groups is 3. The third-order valence-corrected chi connectivity index (χ3v) is 4.48. The third-order valence-electron chi connectivity index (χ3n) is 4.22. The van der Waals surface area contributed by atoms with Gasteiger partial charge in [-0.05, 0) is 24.6 Å². The normalized spacial score (nSPS) is 28.0. The van der Waals surface area contributed by atoms with E-state index in [0.29, 0.717) is 10.6 Å². The van der Waals surface area contributed by atoms with Crippen LogP contribution in [-0.4, -0.2) is 23.5 Å². The molecule has 1 saturated heterocycles. The van der Waals surface area contributed by atoms with Crippen LogP contribution in [0.4, 0.5) is 0 Å². The Kier molecular flexibility index (Phi) is 3.11. The zero-order chi connectivity index (χ0) is 16.3. The van der Waals surface area contributed by atoms with Gasteiger partial charge in [-0.25, -0.2) is 0 Å². The van der Waals surface area contributed by atoms with E-state index in [1.165, 1.54) is 20.8 Å². The minimum absolute atomic E-state index is 0.242. The first-order chi connectivity index (χ1) is 10.2. The van der Waals surface area contributed by atoms with Gasteiger partial charge in [-0.1, -0.05) is 23.7 Å². The minimum Gasteiger partial charge on any atom is -0.422 e. The van der Waals surface area contributed by atoms with Crippen molar-refractivity contribution in [1.82, 2.24) is 0 Å². The lowest BCUT2D eigenvalue weighted by Gasteiger charge is -2.33. The molecule has 2 atom stereocenters. The standard InChI is InChI=1S/C16H15ClO5/c1-8(18)11-12(9-4-6-10(17)7-5-9)16(11)13(19)21-15(2,3)22-14(16)20/h4-7,11-12H,1-3H3/t11-,12+/m0/s1. The maximum atomic E-state index is 12.5. The highest BCUT2D eigenvalue weighted by Gasteiger charge is 2.81. The van der Waals surface area contributed by atoms with E-state index in [1.54, 1.807) is 24.3 Å². The molecule has 3 rings (SSSR count). The lowest BCUT2D eigenvalue weighted by atomic mass is 9.97. The maximum Gasteiger partial charge on any atom is 0.328 e. The molecular weight excluding hydrogens is 308 g/mol. The highest BCUT2D eigenvalue weighted by atomic mass is 35.5. The smallest absolute Gasteiger partial charge is 0.328 e. The second kappa shape index (κ2) is 4.56.